The topological polar surface area (TPSA) is 84.9 Å². The lowest BCUT2D eigenvalue weighted by atomic mass is 9.96. The molecule has 0 bridgehead atoms. The SMILES string of the molecule is O=C(NC1CCOCC1C(=O)O)OCC1c2ccccc2-c2ccccc21. The maximum Gasteiger partial charge on any atom is 0.407 e. The number of alkyl carbamates (subject to hydrolysis) is 1. The molecule has 1 aliphatic carbocycles. The molecule has 2 aromatic carbocycles. The highest BCUT2D eigenvalue weighted by molar-refractivity contribution is 5.79. The molecular weight excluding hydrogens is 346 g/mol. The number of benzene rings is 2. The molecule has 2 aromatic rings. The van der Waals surface area contributed by atoms with Crippen molar-refractivity contribution < 1.29 is 24.2 Å². The van der Waals surface area contributed by atoms with Gasteiger partial charge in [-0.1, -0.05) is 48.5 Å². The smallest absolute Gasteiger partial charge is 0.407 e. The second-order valence-electron chi connectivity index (χ2n) is 6.88. The number of carbonyl (C=O) groups is 2. The molecule has 1 fully saturated rings. The van der Waals surface area contributed by atoms with Gasteiger partial charge < -0.3 is 19.9 Å². The molecular formula is C21H21NO5. The third-order valence-corrected chi connectivity index (χ3v) is 5.32. The Morgan fingerprint density at radius 3 is 2.33 bits per heavy atom. The van der Waals surface area contributed by atoms with E-state index in [1.807, 2.05) is 24.3 Å². The molecule has 2 aliphatic rings. The average molecular weight is 367 g/mol. The minimum Gasteiger partial charge on any atom is -0.481 e. The molecule has 140 valence electrons. The number of ether oxygens (including phenoxy) is 2. The van der Waals surface area contributed by atoms with Gasteiger partial charge in [0.15, 0.2) is 0 Å². The second-order valence-corrected chi connectivity index (χ2v) is 6.88. The van der Waals surface area contributed by atoms with Crippen LogP contribution in [0.2, 0.25) is 0 Å². The molecule has 6 nitrogen and oxygen atoms in total. The summed E-state index contributed by atoms with van der Waals surface area (Å²) in [4.78, 5) is 23.6. The summed E-state index contributed by atoms with van der Waals surface area (Å²) in [6.07, 6.45) is -0.128. The van der Waals surface area contributed by atoms with Gasteiger partial charge in [-0.05, 0) is 28.7 Å². The Bertz CT molecular complexity index is 820. The molecule has 2 N–H and O–H groups in total. The minimum absolute atomic E-state index is 0.0203. The quantitative estimate of drug-likeness (QED) is 0.868. The molecule has 2 unspecified atom stereocenters. The van der Waals surface area contributed by atoms with Gasteiger partial charge in [-0.3, -0.25) is 4.79 Å². The number of hydrogen-bond donors (Lipinski definition) is 2. The van der Waals surface area contributed by atoms with E-state index in [9.17, 15) is 14.7 Å². The van der Waals surface area contributed by atoms with Crippen molar-refractivity contribution in [3.63, 3.8) is 0 Å². The van der Waals surface area contributed by atoms with Gasteiger partial charge in [0.25, 0.3) is 0 Å². The fraction of sp³-hybridized carbons (Fsp3) is 0.333. The van der Waals surface area contributed by atoms with E-state index in [-0.39, 0.29) is 19.1 Å². The summed E-state index contributed by atoms with van der Waals surface area (Å²) >= 11 is 0. The van der Waals surface area contributed by atoms with E-state index < -0.39 is 24.0 Å². The standard InChI is InChI=1S/C21H21NO5/c23-20(24)18-11-26-10-9-19(18)22-21(25)27-12-17-15-7-3-1-5-13(15)14-6-2-4-8-16(14)17/h1-8,17-19H,9-12H2,(H,22,25)(H,23,24). The van der Waals surface area contributed by atoms with Gasteiger partial charge in [0, 0.05) is 18.6 Å². The first-order valence-corrected chi connectivity index (χ1v) is 9.07. The van der Waals surface area contributed by atoms with Crippen molar-refractivity contribution >= 4 is 12.1 Å². The van der Waals surface area contributed by atoms with Crippen LogP contribution >= 0.6 is 0 Å². The highest BCUT2D eigenvalue weighted by atomic mass is 16.5. The Hall–Kier alpha value is -2.86. The normalized spacial score (nSPS) is 21.2. The number of carboxylic acid groups (broad SMARTS) is 1. The maximum absolute atomic E-state index is 12.3. The van der Waals surface area contributed by atoms with Crippen LogP contribution in [0.1, 0.15) is 23.5 Å². The zero-order chi connectivity index (χ0) is 18.8. The average Bonchev–Trinajstić information content (AvgIpc) is 3.00. The van der Waals surface area contributed by atoms with E-state index in [1.165, 1.54) is 0 Å². The lowest BCUT2D eigenvalue weighted by Crippen LogP contribution is -2.48. The molecule has 0 aromatic heterocycles. The van der Waals surface area contributed by atoms with Gasteiger partial charge >= 0.3 is 12.1 Å². The number of nitrogens with one attached hydrogen (secondary N) is 1. The molecule has 1 aliphatic heterocycles. The maximum atomic E-state index is 12.3. The fourth-order valence-corrected chi connectivity index (χ4v) is 3.95. The molecule has 6 heteroatoms. The van der Waals surface area contributed by atoms with Gasteiger partial charge in [-0.2, -0.15) is 0 Å². The summed E-state index contributed by atoms with van der Waals surface area (Å²) < 4.78 is 10.7. The van der Waals surface area contributed by atoms with E-state index in [2.05, 4.69) is 29.6 Å². The van der Waals surface area contributed by atoms with Crippen LogP contribution in [0.15, 0.2) is 48.5 Å². The highest BCUT2D eigenvalue weighted by Crippen LogP contribution is 2.44. The summed E-state index contributed by atoms with van der Waals surface area (Å²) in [7, 11) is 0. The zero-order valence-electron chi connectivity index (χ0n) is 14.8. The van der Waals surface area contributed by atoms with Crippen LogP contribution < -0.4 is 5.32 Å². The number of fused-ring (bicyclic) bond motifs is 3. The van der Waals surface area contributed by atoms with E-state index in [1.54, 1.807) is 0 Å². The number of rotatable bonds is 4. The van der Waals surface area contributed by atoms with Crippen molar-refractivity contribution in [3.05, 3.63) is 59.7 Å². The van der Waals surface area contributed by atoms with Crippen molar-refractivity contribution in [2.24, 2.45) is 5.92 Å². The van der Waals surface area contributed by atoms with E-state index in [0.29, 0.717) is 13.0 Å². The molecule has 4 rings (SSSR count). The first-order chi connectivity index (χ1) is 13.1. The zero-order valence-corrected chi connectivity index (χ0v) is 14.8. The van der Waals surface area contributed by atoms with Gasteiger partial charge in [-0.15, -0.1) is 0 Å². The summed E-state index contributed by atoms with van der Waals surface area (Å²) in [5, 5.41) is 12.0. The summed E-state index contributed by atoms with van der Waals surface area (Å²) in [6.45, 7) is 0.739. The highest BCUT2D eigenvalue weighted by Gasteiger charge is 2.34. The van der Waals surface area contributed by atoms with Crippen LogP contribution in [-0.4, -0.2) is 43.0 Å². The molecule has 0 radical (unpaired) electrons. The molecule has 0 spiro atoms. The predicted molar refractivity (Wildman–Crippen MR) is 98.6 cm³/mol. The number of hydrogen-bond acceptors (Lipinski definition) is 4. The Balaban J connectivity index is 1.44. The Labute approximate surface area is 157 Å². The largest absolute Gasteiger partial charge is 0.481 e. The molecule has 1 amide bonds. The second kappa shape index (κ2) is 7.40. The Morgan fingerprint density at radius 1 is 1.07 bits per heavy atom. The van der Waals surface area contributed by atoms with Crippen LogP contribution in [0.4, 0.5) is 4.79 Å². The fourth-order valence-electron chi connectivity index (χ4n) is 3.95. The van der Waals surface area contributed by atoms with Crippen LogP contribution in [0, 0.1) is 5.92 Å². The van der Waals surface area contributed by atoms with Crippen molar-refractivity contribution in [3.8, 4) is 11.1 Å². The van der Waals surface area contributed by atoms with Crippen LogP contribution in [0.5, 0.6) is 0 Å². The van der Waals surface area contributed by atoms with Crippen LogP contribution in [-0.2, 0) is 14.3 Å². The van der Waals surface area contributed by atoms with Crippen LogP contribution in [0.3, 0.4) is 0 Å². The molecule has 1 heterocycles. The van der Waals surface area contributed by atoms with E-state index in [0.717, 1.165) is 22.3 Å². The Kier molecular flexibility index (Phi) is 4.81. The summed E-state index contributed by atoms with van der Waals surface area (Å²) in [6, 6.07) is 15.8. The van der Waals surface area contributed by atoms with Crippen molar-refractivity contribution in [2.45, 2.75) is 18.4 Å². The van der Waals surface area contributed by atoms with Gasteiger partial charge in [0.1, 0.15) is 12.5 Å². The van der Waals surface area contributed by atoms with Gasteiger partial charge in [0.2, 0.25) is 0 Å². The summed E-state index contributed by atoms with van der Waals surface area (Å²) in [5.41, 5.74) is 4.61. The first-order valence-electron chi connectivity index (χ1n) is 9.07. The van der Waals surface area contributed by atoms with E-state index >= 15 is 0 Å². The lowest BCUT2D eigenvalue weighted by molar-refractivity contribution is -0.147. The van der Waals surface area contributed by atoms with Gasteiger partial charge in [-0.25, -0.2) is 4.79 Å². The minimum atomic E-state index is -0.973. The van der Waals surface area contributed by atoms with Crippen molar-refractivity contribution in [1.82, 2.24) is 5.32 Å². The third kappa shape index (κ3) is 3.40. The van der Waals surface area contributed by atoms with Crippen molar-refractivity contribution in [2.75, 3.05) is 19.8 Å². The number of amides is 1. The number of carbonyl (C=O) groups excluding carboxylic acids is 1. The van der Waals surface area contributed by atoms with E-state index in [4.69, 9.17) is 9.47 Å². The van der Waals surface area contributed by atoms with Crippen LogP contribution in [0.25, 0.3) is 11.1 Å². The number of aliphatic carboxylic acids is 1. The lowest BCUT2D eigenvalue weighted by Gasteiger charge is -2.29. The predicted octanol–water partition coefficient (Wildman–Crippen LogP) is 3.01. The third-order valence-electron chi connectivity index (χ3n) is 5.32. The molecule has 27 heavy (non-hydrogen) atoms. The van der Waals surface area contributed by atoms with Gasteiger partial charge in [0.05, 0.1) is 6.61 Å². The monoisotopic (exact) mass is 367 g/mol. The first kappa shape index (κ1) is 17.5. The molecule has 2 atom stereocenters. The van der Waals surface area contributed by atoms with Crippen molar-refractivity contribution in [1.29, 1.82) is 0 Å². The summed E-state index contributed by atoms with van der Waals surface area (Å²) in [5.74, 6) is -1.74. The molecule has 0 saturated carbocycles. The Morgan fingerprint density at radius 2 is 1.70 bits per heavy atom. The number of carboxylic acids is 1. The molecule has 1 saturated heterocycles.